The Morgan fingerprint density at radius 2 is 2.00 bits per heavy atom. The van der Waals surface area contributed by atoms with Gasteiger partial charge in [-0.1, -0.05) is 6.42 Å². The molecule has 1 aliphatic carbocycles. The summed E-state index contributed by atoms with van der Waals surface area (Å²) in [4.78, 5) is 25.0. The van der Waals surface area contributed by atoms with E-state index >= 15 is 0 Å². The normalized spacial score (nSPS) is 24.6. The second-order valence-corrected chi connectivity index (χ2v) is 5.65. The first-order valence-electron chi connectivity index (χ1n) is 6.88. The number of aliphatic carboxylic acids is 1. The van der Waals surface area contributed by atoms with Crippen molar-refractivity contribution in [3.8, 4) is 0 Å². The Morgan fingerprint density at radius 1 is 1.38 bits per heavy atom. The molecular weight excluding hydrogens is 275 g/mol. The van der Waals surface area contributed by atoms with Gasteiger partial charge in [0.15, 0.2) is 0 Å². The average molecular weight is 294 g/mol. The zero-order chi connectivity index (χ0) is 15.6. The van der Waals surface area contributed by atoms with Crippen molar-refractivity contribution >= 4 is 17.7 Å². The monoisotopic (exact) mass is 294 g/mol. The van der Waals surface area contributed by atoms with Crippen molar-refractivity contribution in [1.82, 2.24) is 5.32 Å². The largest absolute Gasteiger partial charge is 0.481 e. The Morgan fingerprint density at radius 3 is 2.57 bits per heavy atom. The zero-order valence-corrected chi connectivity index (χ0v) is 12.1. The molecule has 1 fully saturated rings. The van der Waals surface area contributed by atoms with E-state index in [0.29, 0.717) is 18.5 Å². The van der Waals surface area contributed by atoms with Crippen LogP contribution in [0.2, 0.25) is 0 Å². The number of carbonyl (C=O) groups excluding carboxylic acids is 1. The molecule has 2 atom stereocenters. The van der Waals surface area contributed by atoms with Crippen LogP contribution in [-0.4, -0.2) is 30.2 Å². The molecule has 0 aromatic heterocycles. The third-order valence-electron chi connectivity index (χ3n) is 4.26. The van der Waals surface area contributed by atoms with E-state index in [9.17, 15) is 19.1 Å². The topological polar surface area (TPSA) is 69.6 Å². The minimum Gasteiger partial charge on any atom is -0.481 e. The Hall–Kier alpha value is -2.11. The van der Waals surface area contributed by atoms with Crippen molar-refractivity contribution in [2.45, 2.75) is 32.2 Å². The number of hydrogen-bond acceptors (Lipinski definition) is 2. The van der Waals surface area contributed by atoms with E-state index in [-0.39, 0.29) is 11.8 Å². The summed E-state index contributed by atoms with van der Waals surface area (Å²) < 4.78 is 12.9. The SMILES string of the molecule is CN(C(=O)NC1CCCC1(C)C(=O)O)c1ccc(F)cc1. The lowest BCUT2D eigenvalue weighted by Gasteiger charge is -2.29. The molecule has 5 nitrogen and oxygen atoms in total. The van der Waals surface area contributed by atoms with Gasteiger partial charge in [-0.25, -0.2) is 9.18 Å². The van der Waals surface area contributed by atoms with Gasteiger partial charge in [-0.2, -0.15) is 0 Å². The highest BCUT2D eigenvalue weighted by Gasteiger charge is 2.46. The highest BCUT2D eigenvalue weighted by atomic mass is 19.1. The van der Waals surface area contributed by atoms with Gasteiger partial charge in [0.1, 0.15) is 5.82 Å². The molecule has 0 aliphatic heterocycles. The maximum absolute atomic E-state index is 12.9. The summed E-state index contributed by atoms with van der Waals surface area (Å²) in [6, 6.07) is 4.76. The van der Waals surface area contributed by atoms with Gasteiger partial charge in [-0.15, -0.1) is 0 Å². The number of nitrogens with one attached hydrogen (secondary N) is 1. The van der Waals surface area contributed by atoms with Crippen molar-refractivity contribution in [3.63, 3.8) is 0 Å². The maximum Gasteiger partial charge on any atom is 0.321 e. The quantitative estimate of drug-likeness (QED) is 0.900. The molecule has 0 heterocycles. The molecule has 2 amide bonds. The predicted octanol–water partition coefficient (Wildman–Crippen LogP) is 2.61. The Kier molecular flexibility index (Phi) is 4.16. The van der Waals surface area contributed by atoms with Crippen molar-refractivity contribution in [2.24, 2.45) is 5.41 Å². The number of urea groups is 1. The summed E-state index contributed by atoms with van der Waals surface area (Å²) in [5.74, 6) is -1.27. The van der Waals surface area contributed by atoms with E-state index in [1.807, 2.05) is 0 Å². The molecule has 0 spiro atoms. The lowest BCUT2D eigenvalue weighted by Crippen LogP contribution is -2.50. The minimum atomic E-state index is -0.931. The molecule has 0 saturated heterocycles. The summed E-state index contributed by atoms with van der Waals surface area (Å²) in [6.45, 7) is 1.66. The van der Waals surface area contributed by atoms with Crippen LogP contribution in [-0.2, 0) is 4.79 Å². The highest BCUT2D eigenvalue weighted by molar-refractivity contribution is 5.92. The number of hydrogen-bond donors (Lipinski definition) is 2. The zero-order valence-electron chi connectivity index (χ0n) is 12.1. The lowest BCUT2D eigenvalue weighted by atomic mass is 9.85. The van der Waals surface area contributed by atoms with Crippen molar-refractivity contribution < 1.29 is 19.1 Å². The molecule has 2 rings (SSSR count). The Balaban J connectivity index is 2.07. The van der Waals surface area contributed by atoms with E-state index in [2.05, 4.69) is 5.32 Å². The smallest absolute Gasteiger partial charge is 0.321 e. The number of nitrogens with zero attached hydrogens (tertiary/aromatic N) is 1. The highest BCUT2D eigenvalue weighted by Crippen LogP contribution is 2.38. The van der Waals surface area contributed by atoms with Crippen molar-refractivity contribution in [2.75, 3.05) is 11.9 Å². The summed E-state index contributed by atoms with van der Waals surface area (Å²) >= 11 is 0. The predicted molar refractivity (Wildman–Crippen MR) is 76.7 cm³/mol. The molecule has 0 radical (unpaired) electrons. The van der Waals surface area contributed by atoms with Crippen LogP contribution in [0.4, 0.5) is 14.9 Å². The fourth-order valence-corrected chi connectivity index (χ4v) is 2.68. The summed E-state index contributed by atoms with van der Waals surface area (Å²) in [5.41, 5.74) is -0.386. The van der Waals surface area contributed by atoms with Crippen LogP contribution < -0.4 is 10.2 Å². The van der Waals surface area contributed by atoms with Crippen LogP contribution in [0.25, 0.3) is 0 Å². The third kappa shape index (κ3) is 2.99. The summed E-state index contributed by atoms with van der Waals surface area (Å²) in [6.07, 6.45) is 1.97. The molecule has 2 N–H and O–H groups in total. The number of carboxylic acids is 1. The molecule has 1 aromatic carbocycles. The van der Waals surface area contributed by atoms with Gasteiger partial charge in [0, 0.05) is 18.8 Å². The fraction of sp³-hybridized carbons (Fsp3) is 0.467. The molecule has 21 heavy (non-hydrogen) atoms. The van der Waals surface area contributed by atoms with Crippen LogP contribution in [0.1, 0.15) is 26.2 Å². The average Bonchev–Trinajstić information content (AvgIpc) is 2.81. The number of benzene rings is 1. The van der Waals surface area contributed by atoms with Gasteiger partial charge >= 0.3 is 12.0 Å². The number of carbonyl (C=O) groups is 2. The second-order valence-electron chi connectivity index (χ2n) is 5.65. The summed E-state index contributed by atoms with van der Waals surface area (Å²) in [7, 11) is 1.57. The minimum absolute atomic E-state index is 0.373. The molecule has 1 aromatic rings. The number of halogens is 1. The maximum atomic E-state index is 12.9. The van der Waals surface area contributed by atoms with E-state index in [1.165, 1.54) is 29.2 Å². The van der Waals surface area contributed by atoms with E-state index in [1.54, 1.807) is 14.0 Å². The fourth-order valence-electron chi connectivity index (χ4n) is 2.68. The molecule has 2 unspecified atom stereocenters. The van der Waals surface area contributed by atoms with Gasteiger partial charge < -0.3 is 10.4 Å². The van der Waals surface area contributed by atoms with Crippen LogP contribution in [0.3, 0.4) is 0 Å². The van der Waals surface area contributed by atoms with Gasteiger partial charge in [0.2, 0.25) is 0 Å². The van der Waals surface area contributed by atoms with Crippen molar-refractivity contribution in [3.05, 3.63) is 30.1 Å². The van der Waals surface area contributed by atoms with Gasteiger partial charge in [-0.05, 0) is 44.0 Å². The van der Waals surface area contributed by atoms with E-state index in [0.717, 1.165) is 6.42 Å². The first-order chi connectivity index (χ1) is 9.84. The second kappa shape index (κ2) is 5.71. The van der Waals surface area contributed by atoms with E-state index < -0.39 is 17.4 Å². The number of anilines is 1. The standard InChI is InChI=1S/C15H19FN2O3/c1-15(13(19)20)9-3-4-12(15)17-14(21)18(2)11-7-5-10(16)6-8-11/h5-8,12H,3-4,9H2,1-2H3,(H,17,21)(H,19,20). The van der Waals surface area contributed by atoms with Crippen LogP contribution in [0, 0.1) is 11.2 Å². The van der Waals surface area contributed by atoms with E-state index in [4.69, 9.17) is 0 Å². The molecule has 1 aliphatic rings. The van der Waals surface area contributed by atoms with Crippen LogP contribution in [0.15, 0.2) is 24.3 Å². The third-order valence-corrected chi connectivity index (χ3v) is 4.26. The molecule has 0 bridgehead atoms. The van der Waals surface area contributed by atoms with Gasteiger partial charge in [0.25, 0.3) is 0 Å². The number of carboxylic acid groups (broad SMARTS) is 1. The first-order valence-corrected chi connectivity index (χ1v) is 6.88. The van der Waals surface area contributed by atoms with Gasteiger partial charge in [-0.3, -0.25) is 9.69 Å². The molecule has 6 heteroatoms. The Bertz CT molecular complexity index is 546. The molecule has 1 saturated carbocycles. The van der Waals surface area contributed by atoms with Crippen LogP contribution >= 0.6 is 0 Å². The number of amides is 2. The first kappa shape index (κ1) is 15.3. The Labute approximate surface area is 122 Å². The van der Waals surface area contributed by atoms with Gasteiger partial charge in [0.05, 0.1) is 5.41 Å². The molecular formula is C15H19FN2O3. The number of rotatable bonds is 3. The summed E-state index contributed by atoms with van der Waals surface area (Å²) in [5, 5.41) is 12.1. The lowest BCUT2D eigenvalue weighted by molar-refractivity contribution is -0.148. The van der Waals surface area contributed by atoms with Crippen molar-refractivity contribution in [1.29, 1.82) is 0 Å². The molecule has 114 valence electrons. The van der Waals surface area contributed by atoms with Crippen LogP contribution in [0.5, 0.6) is 0 Å².